The zero-order chi connectivity index (χ0) is 14.9. The first kappa shape index (κ1) is 15.3. The van der Waals surface area contributed by atoms with E-state index in [0.29, 0.717) is 17.9 Å². The number of rotatable bonds is 5. The molecule has 0 saturated heterocycles. The van der Waals surface area contributed by atoms with E-state index >= 15 is 0 Å². The number of nitrogen functional groups attached to an aromatic ring is 1. The third kappa shape index (κ3) is 2.97. The lowest BCUT2D eigenvalue weighted by atomic mass is 9.90. The Morgan fingerprint density at radius 2 is 2.00 bits per heavy atom. The summed E-state index contributed by atoms with van der Waals surface area (Å²) in [5, 5.41) is 0. The molecule has 1 saturated carbocycles. The normalized spacial score (nSPS) is 22.6. The predicted molar refractivity (Wildman–Crippen MR) is 79.1 cm³/mol. The third-order valence-electron chi connectivity index (χ3n) is 3.79. The van der Waals surface area contributed by atoms with Crippen molar-refractivity contribution in [1.82, 2.24) is 4.72 Å². The van der Waals surface area contributed by atoms with E-state index in [4.69, 9.17) is 10.5 Å². The van der Waals surface area contributed by atoms with Crippen LogP contribution in [0.1, 0.15) is 30.9 Å². The van der Waals surface area contributed by atoms with E-state index < -0.39 is 10.0 Å². The van der Waals surface area contributed by atoms with Gasteiger partial charge in [0.2, 0.25) is 10.0 Å². The summed E-state index contributed by atoms with van der Waals surface area (Å²) >= 11 is 0. The van der Waals surface area contributed by atoms with Gasteiger partial charge in [-0.25, -0.2) is 13.1 Å². The molecule has 1 fully saturated rings. The van der Waals surface area contributed by atoms with Gasteiger partial charge in [0.15, 0.2) is 0 Å². The van der Waals surface area contributed by atoms with E-state index in [1.807, 2.05) is 19.9 Å². The van der Waals surface area contributed by atoms with Crippen molar-refractivity contribution >= 4 is 15.7 Å². The molecule has 1 aliphatic rings. The monoisotopic (exact) mass is 298 g/mol. The Kier molecular flexibility index (Phi) is 4.36. The molecule has 112 valence electrons. The third-order valence-corrected chi connectivity index (χ3v) is 5.52. The van der Waals surface area contributed by atoms with Crippen LogP contribution in [0, 0.1) is 13.8 Å². The van der Waals surface area contributed by atoms with Crippen molar-refractivity contribution < 1.29 is 13.2 Å². The second-order valence-corrected chi connectivity index (χ2v) is 6.94. The summed E-state index contributed by atoms with van der Waals surface area (Å²) in [4.78, 5) is 0.206. The fourth-order valence-electron chi connectivity index (χ4n) is 2.48. The summed E-state index contributed by atoms with van der Waals surface area (Å²) in [6, 6.07) is 3.41. The minimum Gasteiger partial charge on any atom is -0.398 e. The summed E-state index contributed by atoms with van der Waals surface area (Å²) in [7, 11) is -3.57. The van der Waals surface area contributed by atoms with Gasteiger partial charge in [-0.05, 0) is 50.8 Å². The van der Waals surface area contributed by atoms with E-state index in [0.717, 1.165) is 18.4 Å². The smallest absolute Gasteiger partial charge is 0.243 e. The maximum absolute atomic E-state index is 12.5. The standard InChI is InChI=1S/C14H22N2O3S/c1-4-19-12-7-11(8-12)16-20(17,18)14-10(3)9(2)5-6-13(14)15/h5-6,11-12,16H,4,7-8,15H2,1-3H3. The van der Waals surface area contributed by atoms with Crippen molar-refractivity contribution in [2.75, 3.05) is 12.3 Å². The zero-order valence-electron chi connectivity index (χ0n) is 12.1. The SMILES string of the molecule is CCOC1CC(NS(=O)(=O)c2c(N)ccc(C)c2C)C1. The molecule has 2 rings (SSSR count). The number of anilines is 1. The molecule has 0 heterocycles. The molecule has 0 unspecified atom stereocenters. The van der Waals surface area contributed by atoms with E-state index in [1.165, 1.54) is 0 Å². The molecule has 0 bridgehead atoms. The molecule has 20 heavy (non-hydrogen) atoms. The average Bonchev–Trinajstić information content (AvgIpc) is 2.31. The zero-order valence-corrected chi connectivity index (χ0v) is 13.0. The predicted octanol–water partition coefficient (Wildman–Crippen LogP) is 1.73. The molecule has 1 aromatic rings. The van der Waals surface area contributed by atoms with Crippen LogP contribution in [-0.2, 0) is 14.8 Å². The molecule has 0 radical (unpaired) electrons. The van der Waals surface area contributed by atoms with Gasteiger partial charge < -0.3 is 10.5 Å². The topological polar surface area (TPSA) is 81.4 Å². The molecule has 1 aromatic carbocycles. The lowest BCUT2D eigenvalue weighted by Gasteiger charge is -2.35. The highest BCUT2D eigenvalue weighted by molar-refractivity contribution is 7.89. The van der Waals surface area contributed by atoms with Gasteiger partial charge in [-0.15, -0.1) is 0 Å². The van der Waals surface area contributed by atoms with Gasteiger partial charge in [0, 0.05) is 12.6 Å². The maximum Gasteiger partial charge on any atom is 0.243 e. The van der Waals surface area contributed by atoms with Crippen LogP contribution in [0.2, 0.25) is 0 Å². The van der Waals surface area contributed by atoms with Crippen molar-refractivity contribution in [1.29, 1.82) is 0 Å². The fourth-order valence-corrected chi connectivity index (χ4v) is 4.17. The summed E-state index contributed by atoms with van der Waals surface area (Å²) < 4.78 is 33.1. The Morgan fingerprint density at radius 1 is 1.35 bits per heavy atom. The Bertz CT molecular complexity index is 593. The minimum atomic E-state index is -3.57. The van der Waals surface area contributed by atoms with Crippen LogP contribution in [0.3, 0.4) is 0 Å². The Hall–Kier alpha value is -1.11. The van der Waals surface area contributed by atoms with Crippen LogP contribution in [0.4, 0.5) is 5.69 Å². The first-order chi connectivity index (χ1) is 9.35. The van der Waals surface area contributed by atoms with E-state index in [1.54, 1.807) is 13.0 Å². The first-order valence-electron chi connectivity index (χ1n) is 6.84. The summed E-state index contributed by atoms with van der Waals surface area (Å²) in [5.41, 5.74) is 7.76. The number of hydrogen-bond donors (Lipinski definition) is 2. The van der Waals surface area contributed by atoms with Gasteiger partial charge in [-0.2, -0.15) is 0 Å². The van der Waals surface area contributed by atoms with Gasteiger partial charge >= 0.3 is 0 Å². The Morgan fingerprint density at radius 3 is 2.60 bits per heavy atom. The maximum atomic E-state index is 12.5. The molecule has 3 N–H and O–H groups in total. The number of hydrogen-bond acceptors (Lipinski definition) is 4. The number of sulfonamides is 1. The van der Waals surface area contributed by atoms with Crippen LogP contribution in [0.15, 0.2) is 17.0 Å². The Labute approximate surface area is 120 Å². The van der Waals surface area contributed by atoms with E-state index in [-0.39, 0.29) is 17.0 Å². The fraction of sp³-hybridized carbons (Fsp3) is 0.571. The van der Waals surface area contributed by atoms with E-state index in [9.17, 15) is 8.42 Å². The lowest BCUT2D eigenvalue weighted by molar-refractivity contribution is -0.00475. The lowest BCUT2D eigenvalue weighted by Crippen LogP contribution is -2.47. The quantitative estimate of drug-likeness (QED) is 0.811. The van der Waals surface area contributed by atoms with E-state index in [2.05, 4.69) is 4.72 Å². The number of nitrogens with two attached hydrogens (primary N) is 1. The van der Waals surface area contributed by atoms with Gasteiger partial charge in [0.1, 0.15) is 4.90 Å². The highest BCUT2D eigenvalue weighted by atomic mass is 32.2. The number of aryl methyl sites for hydroxylation is 1. The summed E-state index contributed by atoms with van der Waals surface area (Å²) in [6.45, 7) is 6.26. The van der Waals surface area contributed by atoms with Crippen molar-refractivity contribution in [3.63, 3.8) is 0 Å². The van der Waals surface area contributed by atoms with Gasteiger partial charge in [0.25, 0.3) is 0 Å². The van der Waals surface area contributed by atoms with Gasteiger partial charge in [-0.3, -0.25) is 0 Å². The molecule has 0 spiro atoms. The van der Waals surface area contributed by atoms with Crippen molar-refractivity contribution in [3.8, 4) is 0 Å². The molecule has 0 aromatic heterocycles. The van der Waals surface area contributed by atoms with Gasteiger partial charge in [0.05, 0.1) is 11.8 Å². The van der Waals surface area contributed by atoms with Crippen molar-refractivity contribution in [3.05, 3.63) is 23.3 Å². The highest BCUT2D eigenvalue weighted by Gasteiger charge is 2.34. The molecule has 6 heteroatoms. The first-order valence-corrected chi connectivity index (χ1v) is 8.33. The molecular weight excluding hydrogens is 276 g/mol. The molecule has 5 nitrogen and oxygen atoms in total. The molecule has 0 amide bonds. The summed E-state index contributed by atoms with van der Waals surface area (Å²) in [6.07, 6.45) is 1.61. The Balaban J connectivity index is 2.14. The van der Waals surface area contributed by atoms with Crippen molar-refractivity contribution in [2.24, 2.45) is 0 Å². The van der Waals surface area contributed by atoms with Crippen LogP contribution >= 0.6 is 0 Å². The molecule has 0 aliphatic heterocycles. The second-order valence-electron chi connectivity index (χ2n) is 5.29. The largest absolute Gasteiger partial charge is 0.398 e. The van der Waals surface area contributed by atoms with Crippen LogP contribution in [0.25, 0.3) is 0 Å². The van der Waals surface area contributed by atoms with Crippen LogP contribution in [0.5, 0.6) is 0 Å². The van der Waals surface area contributed by atoms with Crippen LogP contribution < -0.4 is 10.5 Å². The van der Waals surface area contributed by atoms with Crippen LogP contribution in [-0.4, -0.2) is 27.2 Å². The molecular formula is C14H22N2O3S. The number of benzene rings is 1. The molecule has 0 atom stereocenters. The van der Waals surface area contributed by atoms with Crippen molar-refractivity contribution in [2.45, 2.75) is 50.7 Å². The van der Waals surface area contributed by atoms with Gasteiger partial charge in [-0.1, -0.05) is 6.07 Å². The minimum absolute atomic E-state index is 0.0594. The summed E-state index contributed by atoms with van der Waals surface area (Å²) in [5.74, 6) is 0. The highest BCUT2D eigenvalue weighted by Crippen LogP contribution is 2.29. The average molecular weight is 298 g/mol. The number of nitrogens with one attached hydrogen (secondary N) is 1. The number of ether oxygens (including phenoxy) is 1. The second kappa shape index (κ2) is 5.71. The molecule has 1 aliphatic carbocycles.